The highest BCUT2D eigenvalue weighted by atomic mass is 19.4. The summed E-state index contributed by atoms with van der Waals surface area (Å²) in [7, 11) is 0. The SMILES string of the molecule is O=C(Nc1ccc2c(c1)OCCO2)c1ccc(-c2cccc(C(F)(F)F)c2)cc1. The zero-order valence-corrected chi connectivity index (χ0v) is 15.1. The van der Waals surface area contributed by atoms with Gasteiger partial charge in [-0.2, -0.15) is 13.2 Å². The van der Waals surface area contributed by atoms with Crippen molar-refractivity contribution < 1.29 is 27.4 Å². The third-order valence-corrected chi connectivity index (χ3v) is 4.47. The van der Waals surface area contributed by atoms with Crippen LogP contribution in [0.4, 0.5) is 18.9 Å². The molecule has 0 atom stereocenters. The van der Waals surface area contributed by atoms with Gasteiger partial charge in [-0.1, -0.05) is 24.3 Å². The van der Waals surface area contributed by atoms with Crippen molar-refractivity contribution >= 4 is 11.6 Å². The summed E-state index contributed by atoms with van der Waals surface area (Å²) in [5.41, 5.74) is 1.25. The molecule has 0 saturated carbocycles. The molecule has 7 heteroatoms. The van der Waals surface area contributed by atoms with Gasteiger partial charge in [0, 0.05) is 17.3 Å². The first-order valence-electron chi connectivity index (χ1n) is 8.89. The second-order valence-corrected chi connectivity index (χ2v) is 6.47. The minimum atomic E-state index is -4.40. The first-order chi connectivity index (χ1) is 13.9. The highest BCUT2D eigenvalue weighted by Crippen LogP contribution is 2.33. The molecule has 0 saturated heterocycles. The maximum Gasteiger partial charge on any atom is 0.416 e. The van der Waals surface area contributed by atoms with Crippen molar-refractivity contribution in [1.29, 1.82) is 0 Å². The number of hydrogen-bond acceptors (Lipinski definition) is 3. The average Bonchev–Trinajstić information content (AvgIpc) is 2.73. The lowest BCUT2D eigenvalue weighted by atomic mass is 10.0. The Kier molecular flexibility index (Phi) is 4.88. The number of alkyl halides is 3. The lowest BCUT2D eigenvalue weighted by molar-refractivity contribution is -0.137. The van der Waals surface area contributed by atoms with Crippen molar-refractivity contribution in [2.24, 2.45) is 0 Å². The number of rotatable bonds is 3. The fourth-order valence-electron chi connectivity index (χ4n) is 3.01. The highest BCUT2D eigenvalue weighted by Gasteiger charge is 2.30. The topological polar surface area (TPSA) is 47.6 Å². The summed E-state index contributed by atoms with van der Waals surface area (Å²) in [5.74, 6) is 0.853. The number of carbonyl (C=O) groups excluding carboxylic acids is 1. The van der Waals surface area contributed by atoms with Crippen LogP contribution in [-0.2, 0) is 6.18 Å². The highest BCUT2D eigenvalue weighted by molar-refractivity contribution is 6.04. The van der Waals surface area contributed by atoms with Crippen molar-refractivity contribution in [2.45, 2.75) is 6.18 Å². The van der Waals surface area contributed by atoms with Crippen LogP contribution in [0.3, 0.4) is 0 Å². The van der Waals surface area contributed by atoms with Gasteiger partial charge < -0.3 is 14.8 Å². The molecule has 29 heavy (non-hydrogen) atoms. The fraction of sp³-hybridized carbons (Fsp3) is 0.136. The smallest absolute Gasteiger partial charge is 0.416 e. The molecule has 0 aromatic heterocycles. The summed E-state index contributed by atoms with van der Waals surface area (Å²) in [6, 6.07) is 16.6. The van der Waals surface area contributed by atoms with E-state index in [1.807, 2.05) is 0 Å². The zero-order valence-electron chi connectivity index (χ0n) is 15.1. The van der Waals surface area contributed by atoms with Gasteiger partial charge in [0.05, 0.1) is 5.56 Å². The Hall–Kier alpha value is -3.48. The number of carbonyl (C=O) groups is 1. The monoisotopic (exact) mass is 399 g/mol. The van der Waals surface area contributed by atoms with Crippen LogP contribution in [0.15, 0.2) is 66.7 Å². The molecule has 1 aliphatic heterocycles. The molecule has 0 aliphatic carbocycles. The molecule has 4 rings (SSSR count). The molecule has 3 aromatic carbocycles. The Morgan fingerprint density at radius 2 is 1.55 bits per heavy atom. The van der Waals surface area contributed by atoms with Crippen LogP contribution in [-0.4, -0.2) is 19.1 Å². The van der Waals surface area contributed by atoms with Crippen molar-refractivity contribution in [3.8, 4) is 22.6 Å². The van der Waals surface area contributed by atoms with Gasteiger partial charge in [-0.05, 0) is 47.5 Å². The Morgan fingerprint density at radius 3 is 2.28 bits per heavy atom. The molecular formula is C22H16F3NO3. The van der Waals surface area contributed by atoms with Gasteiger partial charge in [0.1, 0.15) is 13.2 Å². The van der Waals surface area contributed by atoms with Crippen molar-refractivity contribution in [1.82, 2.24) is 0 Å². The van der Waals surface area contributed by atoms with Crippen LogP contribution in [0.2, 0.25) is 0 Å². The molecular weight excluding hydrogens is 383 g/mol. The van der Waals surface area contributed by atoms with Crippen molar-refractivity contribution in [2.75, 3.05) is 18.5 Å². The molecule has 1 N–H and O–H groups in total. The molecule has 0 fully saturated rings. The largest absolute Gasteiger partial charge is 0.486 e. The van der Waals surface area contributed by atoms with E-state index in [4.69, 9.17) is 9.47 Å². The molecule has 0 radical (unpaired) electrons. The first kappa shape index (κ1) is 18.9. The number of anilines is 1. The number of amides is 1. The van der Waals surface area contributed by atoms with Crippen molar-refractivity contribution in [3.05, 3.63) is 77.9 Å². The third kappa shape index (κ3) is 4.18. The second-order valence-electron chi connectivity index (χ2n) is 6.47. The summed E-state index contributed by atoms with van der Waals surface area (Å²) >= 11 is 0. The number of hydrogen-bond donors (Lipinski definition) is 1. The average molecular weight is 399 g/mol. The van der Waals surface area contributed by atoms with Gasteiger partial charge in [0.2, 0.25) is 0 Å². The van der Waals surface area contributed by atoms with Gasteiger partial charge in [-0.25, -0.2) is 0 Å². The van der Waals surface area contributed by atoms with Gasteiger partial charge in [-0.15, -0.1) is 0 Å². The number of benzene rings is 3. The molecule has 0 unspecified atom stereocenters. The lowest BCUT2D eigenvalue weighted by Crippen LogP contribution is -2.16. The van der Waals surface area contributed by atoms with Crippen LogP contribution in [0.25, 0.3) is 11.1 Å². The normalized spacial score (nSPS) is 13.1. The minimum absolute atomic E-state index is 0.336. The van der Waals surface area contributed by atoms with E-state index in [1.165, 1.54) is 6.07 Å². The minimum Gasteiger partial charge on any atom is -0.486 e. The second kappa shape index (κ2) is 7.50. The zero-order chi connectivity index (χ0) is 20.4. The van der Waals surface area contributed by atoms with Crippen LogP contribution in [0, 0.1) is 0 Å². The molecule has 148 valence electrons. The van der Waals surface area contributed by atoms with E-state index >= 15 is 0 Å². The standard InChI is InChI=1S/C22H16F3NO3/c23-22(24,25)17-3-1-2-16(12-17)14-4-6-15(7-5-14)21(27)26-18-8-9-19-20(13-18)29-11-10-28-19/h1-9,12-13H,10-11H2,(H,26,27). The van der Waals surface area contributed by atoms with Crippen LogP contribution < -0.4 is 14.8 Å². The third-order valence-electron chi connectivity index (χ3n) is 4.47. The summed E-state index contributed by atoms with van der Waals surface area (Å²) in [4.78, 5) is 12.5. The summed E-state index contributed by atoms with van der Waals surface area (Å²) < 4.78 is 49.6. The molecule has 3 aromatic rings. The van der Waals surface area contributed by atoms with Crippen LogP contribution in [0.1, 0.15) is 15.9 Å². The summed E-state index contributed by atoms with van der Waals surface area (Å²) in [6.07, 6.45) is -4.40. The maximum absolute atomic E-state index is 12.9. The van der Waals surface area contributed by atoms with E-state index in [1.54, 1.807) is 48.5 Å². The Bertz CT molecular complexity index is 1050. The Balaban J connectivity index is 1.50. The van der Waals surface area contributed by atoms with Crippen LogP contribution >= 0.6 is 0 Å². The van der Waals surface area contributed by atoms with E-state index in [2.05, 4.69) is 5.32 Å². The Labute approximate surface area is 164 Å². The van der Waals surface area contributed by atoms with E-state index < -0.39 is 11.7 Å². The van der Waals surface area contributed by atoms with Gasteiger partial charge in [0.15, 0.2) is 11.5 Å². The molecule has 0 bridgehead atoms. The number of halogens is 3. The van der Waals surface area contributed by atoms with E-state index in [-0.39, 0.29) is 5.91 Å². The predicted octanol–water partition coefficient (Wildman–Crippen LogP) is 5.40. The summed E-state index contributed by atoms with van der Waals surface area (Å²) in [5, 5.41) is 2.77. The van der Waals surface area contributed by atoms with E-state index in [0.29, 0.717) is 47.1 Å². The number of nitrogens with one attached hydrogen (secondary N) is 1. The first-order valence-corrected chi connectivity index (χ1v) is 8.89. The molecule has 1 heterocycles. The molecule has 0 spiro atoms. The predicted molar refractivity (Wildman–Crippen MR) is 102 cm³/mol. The van der Waals surface area contributed by atoms with E-state index in [9.17, 15) is 18.0 Å². The Morgan fingerprint density at radius 1 is 0.828 bits per heavy atom. The fourth-order valence-corrected chi connectivity index (χ4v) is 3.01. The van der Waals surface area contributed by atoms with Gasteiger partial charge in [-0.3, -0.25) is 4.79 Å². The maximum atomic E-state index is 12.9. The van der Waals surface area contributed by atoms with E-state index in [0.717, 1.165) is 12.1 Å². The summed E-state index contributed by atoms with van der Waals surface area (Å²) in [6.45, 7) is 0.929. The number of ether oxygens (including phenoxy) is 2. The molecule has 1 amide bonds. The molecule has 4 nitrogen and oxygen atoms in total. The van der Waals surface area contributed by atoms with Crippen molar-refractivity contribution in [3.63, 3.8) is 0 Å². The quantitative estimate of drug-likeness (QED) is 0.642. The molecule has 1 aliphatic rings. The van der Waals surface area contributed by atoms with Gasteiger partial charge in [0.25, 0.3) is 5.91 Å². The van der Waals surface area contributed by atoms with Crippen LogP contribution in [0.5, 0.6) is 11.5 Å². The number of fused-ring (bicyclic) bond motifs is 1. The lowest BCUT2D eigenvalue weighted by Gasteiger charge is -2.19. The van der Waals surface area contributed by atoms with Gasteiger partial charge >= 0.3 is 6.18 Å².